The molecule has 6 rings (SSSR count). The molecule has 3 aliphatic carbocycles. The predicted octanol–water partition coefficient (Wildman–Crippen LogP) is 3.88. The van der Waals surface area contributed by atoms with Gasteiger partial charge < -0.3 is 15.0 Å². The second-order valence-corrected chi connectivity index (χ2v) is 10.2. The standard InChI is InChI=1S/C26H32N4O2/c1-16-21-5-4-20(32-2)14-23(21)29-25(28-16)30-11-7-17(8-12-30)24(31)27-15-18-13-19-3-6-22(18)26(19)9-10-26/h3-6,14,17-19,22H,7-13,15H2,1-2H3,(H,27,31). The first-order chi connectivity index (χ1) is 15.6. The number of anilines is 1. The zero-order chi connectivity index (χ0) is 21.9. The number of rotatable bonds is 5. The third-order valence-corrected chi connectivity index (χ3v) is 8.61. The SMILES string of the molecule is COc1ccc2c(C)nc(N3CCC(C(=O)NCC4CC5C=CC4C54CC4)CC3)nc2c1. The molecule has 1 aliphatic heterocycles. The van der Waals surface area contributed by atoms with E-state index >= 15 is 0 Å². The summed E-state index contributed by atoms with van der Waals surface area (Å²) in [4.78, 5) is 24.6. The Labute approximate surface area is 189 Å². The van der Waals surface area contributed by atoms with Crippen LogP contribution in [0.25, 0.3) is 10.9 Å². The molecule has 1 N–H and O–H groups in total. The van der Waals surface area contributed by atoms with Crippen LogP contribution in [0.5, 0.6) is 5.75 Å². The van der Waals surface area contributed by atoms with Gasteiger partial charge in [0, 0.05) is 37.0 Å². The van der Waals surface area contributed by atoms with E-state index in [4.69, 9.17) is 14.7 Å². The molecule has 168 valence electrons. The van der Waals surface area contributed by atoms with Crippen LogP contribution < -0.4 is 15.0 Å². The Morgan fingerprint density at radius 2 is 2.03 bits per heavy atom. The lowest BCUT2D eigenvalue weighted by Gasteiger charge is -2.32. The van der Waals surface area contributed by atoms with Gasteiger partial charge in [-0.3, -0.25) is 4.79 Å². The van der Waals surface area contributed by atoms with E-state index in [1.165, 1.54) is 19.3 Å². The summed E-state index contributed by atoms with van der Waals surface area (Å²) in [6.07, 6.45) is 10.6. The molecule has 3 fully saturated rings. The van der Waals surface area contributed by atoms with E-state index in [-0.39, 0.29) is 11.8 Å². The van der Waals surface area contributed by atoms with Gasteiger partial charge in [0.25, 0.3) is 0 Å². The fraction of sp³-hybridized carbons (Fsp3) is 0.577. The van der Waals surface area contributed by atoms with Crippen LogP contribution in [-0.2, 0) is 4.79 Å². The van der Waals surface area contributed by atoms with Crippen molar-refractivity contribution < 1.29 is 9.53 Å². The summed E-state index contributed by atoms with van der Waals surface area (Å²) in [5.41, 5.74) is 2.48. The summed E-state index contributed by atoms with van der Waals surface area (Å²) in [5, 5.41) is 4.36. The number of ether oxygens (including phenoxy) is 1. The highest BCUT2D eigenvalue weighted by Crippen LogP contribution is 2.69. The maximum atomic E-state index is 12.9. The van der Waals surface area contributed by atoms with Crippen LogP contribution in [0.4, 0.5) is 5.95 Å². The number of hydrogen-bond donors (Lipinski definition) is 1. The van der Waals surface area contributed by atoms with Gasteiger partial charge in [-0.15, -0.1) is 0 Å². The molecule has 4 aliphatic rings. The van der Waals surface area contributed by atoms with Gasteiger partial charge in [0.1, 0.15) is 5.75 Å². The van der Waals surface area contributed by atoms with Gasteiger partial charge >= 0.3 is 0 Å². The molecule has 2 aromatic rings. The first-order valence-corrected chi connectivity index (χ1v) is 12.1. The maximum Gasteiger partial charge on any atom is 0.226 e. The van der Waals surface area contributed by atoms with Gasteiger partial charge in [0.2, 0.25) is 11.9 Å². The zero-order valence-electron chi connectivity index (χ0n) is 19.0. The van der Waals surface area contributed by atoms with Gasteiger partial charge in [0.05, 0.1) is 18.3 Å². The number of carbonyl (C=O) groups excluding carboxylic acids is 1. The molecule has 6 heteroatoms. The first kappa shape index (κ1) is 20.0. The summed E-state index contributed by atoms with van der Waals surface area (Å²) in [6, 6.07) is 5.92. The highest BCUT2D eigenvalue weighted by Gasteiger charge is 2.62. The number of aryl methyl sites for hydroxylation is 1. The largest absolute Gasteiger partial charge is 0.497 e. The summed E-state index contributed by atoms with van der Waals surface area (Å²) in [5.74, 6) is 4.02. The van der Waals surface area contributed by atoms with Crippen molar-refractivity contribution in [2.75, 3.05) is 31.6 Å². The van der Waals surface area contributed by atoms with Crippen molar-refractivity contribution in [3.8, 4) is 5.75 Å². The van der Waals surface area contributed by atoms with E-state index in [0.29, 0.717) is 17.3 Å². The lowest BCUT2D eigenvalue weighted by atomic mass is 9.88. The molecule has 1 aromatic heterocycles. The number of allylic oxidation sites excluding steroid dienone is 2. The molecule has 1 spiro atoms. The number of hydrogen-bond acceptors (Lipinski definition) is 5. The molecule has 0 radical (unpaired) electrons. The Bertz CT molecular complexity index is 1080. The summed E-state index contributed by atoms with van der Waals surface area (Å²) < 4.78 is 5.36. The molecule has 1 aromatic carbocycles. The molecular weight excluding hydrogens is 400 g/mol. The number of nitrogens with zero attached hydrogens (tertiary/aromatic N) is 3. The minimum absolute atomic E-state index is 0.0944. The number of piperidine rings is 1. The van der Waals surface area contributed by atoms with Crippen molar-refractivity contribution in [3.63, 3.8) is 0 Å². The zero-order valence-corrected chi connectivity index (χ0v) is 19.0. The van der Waals surface area contributed by atoms with Crippen LogP contribution in [0.1, 0.15) is 37.8 Å². The van der Waals surface area contributed by atoms with E-state index in [0.717, 1.165) is 66.7 Å². The molecule has 1 amide bonds. The second-order valence-electron chi connectivity index (χ2n) is 10.2. The Morgan fingerprint density at radius 3 is 2.75 bits per heavy atom. The van der Waals surface area contributed by atoms with Crippen molar-refractivity contribution in [2.24, 2.45) is 29.1 Å². The van der Waals surface area contributed by atoms with Gasteiger partial charge in [0.15, 0.2) is 0 Å². The molecule has 2 bridgehead atoms. The van der Waals surface area contributed by atoms with Gasteiger partial charge in [-0.25, -0.2) is 9.97 Å². The lowest BCUT2D eigenvalue weighted by molar-refractivity contribution is -0.125. The minimum Gasteiger partial charge on any atom is -0.497 e. The molecule has 2 saturated carbocycles. The fourth-order valence-electron chi connectivity index (χ4n) is 6.59. The number of aromatic nitrogens is 2. The first-order valence-electron chi connectivity index (χ1n) is 12.1. The Balaban J connectivity index is 1.06. The molecule has 6 nitrogen and oxygen atoms in total. The topological polar surface area (TPSA) is 67.3 Å². The van der Waals surface area contributed by atoms with Crippen LogP contribution in [0, 0.1) is 36.0 Å². The highest BCUT2D eigenvalue weighted by molar-refractivity contribution is 5.83. The highest BCUT2D eigenvalue weighted by atomic mass is 16.5. The second kappa shape index (κ2) is 7.46. The number of fused-ring (bicyclic) bond motifs is 1. The van der Waals surface area contributed by atoms with Crippen molar-refractivity contribution in [2.45, 2.75) is 39.0 Å². The Kier molecular flexibility index (Phi) is 4.67. The molecule has 3 atom stereocenters. The number of amides is 1. The van der Waals surface area contributed by atoms with Crippen LogP contribution in [0.15, 0.2) is 30.4 Å². The molecule has 2 heterocycles. The quantitative estimate of drug-likeness (QED) is 0.727. The molecule has 1 saturated heterocycles. The number of carbonyl (C=O) groups is 1. The van der Waals surface area contributed by atoms with Crippen molar-refractivity contribution >= 4 is 22.8 Å². The van der Waals surface area contributed by atoms with Gasteiger partial charge in [-0.2, -0.15) is 0 Å². The molecule has 32 heavy (non-hydrogen) atoms. The fourth-order valence-corrected chi connectivity index (χ4v) is 6.59. The number of methoxy groups -OCH3 is 1. The third-order valence-electron chi connectivity index (χ3n) is 8.61. The smallest absolute Gasteiger partial charge is 0.226 e. The summed E-state index contributed by atoms with van der Waals surface area (Å²) >= 11 is 0. The van der Waals surface area contributed by atoms with E-state index in [1.54, 1.807) is 7.11 Å². The lowest BCUT2D eigenvalue weighted by Crippen LogP contribution is -2.42. The Morgan fingerprint density at radius 1 is 1.22 bits per heavy atom. The monoisotopic (exact) mass is 432 g/mol. The number of nitrogens with one attached hydrogen (secondary N) is 1. The van der Waals surface area contributed by atoms with Crippen molar-refractivity contribution in [1.29, 1.82) is 0 Å². The van der Waals surface area contributed by atoms with Crippen LogP contribution in [0.3, 0.4) is 0 Å². The van der Waals surface area contributed by atoms with Gasteiger partial charge in [-0.05, 0) is 74.3 Å². The van der Waals surface area contributed by atoms with E-state index in [1.807, 2.05) is 25.1 Å². The third kappa shape index (κ3) is 3.18. The Hall–Kier alpha value is -2.63. The summed E-state index contributed by atoms with van der Waals surface area (Å²) in [6.45, 7) is 4.50. The van der Waals surface area contributed by atoms with Crippen LogP contribution >= 0.6 is 0 Å². The van der Waals surface area contributed by atoms with Crippen LogP contribution in [-0.4, -0.2) is 42.6 Å². The molecular formula is C26H32N4O2. The average Bonchev–Trinajstić information content (AvgIpc) is 3.49. The van der Waals surface area contributed by atoms with Gasteiger partial charge in [-0.1, -0.05) is 12.2 Å². The van der Waals surface area contributed by atoms with E-state index in [2.05, 4.69) is 22.4 Å². The maximum absolute atomic E-state index is 12.9. The molecule has 3 unspecified atom stereocenters. The van der Waals surface area contributed by atoms with E-state index < -0.39 is 0 Å². The normalized spacial score (nSPS) is 27.9. The average molecular weight is 433 g/mol. The summed E-state index contributed by atoms with van der Waals surface area (Å²) in [7, 11) is 1.67. The van der Waals surface area contributed by atoms with Crippen molar-refractivity contribution in [1.82, 2.24) is 15.3 Å². The van der Waals surface area contributed by atoms with E-state index in [9.17, 15) is 4.79 Å². The minimum atomic E-state index is 0.0944. The predicted molar refractivity (Wildman–Crippen MR) is 125 cm³/mol. The number of benzene rings is 1. The van der Waals surface area contributed by atoms with Crippen LogP contribution in [0.2, 0.25) is 0 Å². The van der Waals surface area contributed by atoms with Crippen molar-refractivity contribution in [3.05, 3.63) is 36.0 Å².